The van der Waals surface area contributed by atoms with Crippen LogP contribution in [0.5, 0.6) is 5.75 Å². The van der Waals surface area contributed by atoms with E-state index >= 15 is 0 Å². The summed E-state index contributed by atoms with van der Waals surface area (Å²) in [6.07, 6.45) is 4.75. The summed E-state index contributed by atoms with van der Waals surface area (Å²) >= 11 is 0. The summed E-state index contributed by atoms with van der Waals surface area (Å²) in [5.41, 5.74) is 2.39. The van der Waals surface area contributed by atoms with Crippen LogP contribution in [0.15, 0.2) is 54.6 Å². The second-order valence-electron chi connectivity index (χ2n) is 7.28. The molecule has 1 heterocycles. The molecule has 0 atom stereocenters. The molecule has 0 radical (unpaired) electrons. The zero-order valence-electron chi connectivity index (χ0n) is 16.5. The van der Waals surface area contributed by atoms with E-state index in [1.54, 1.807) is 0 Å². The van der Waals surface area contributed by atoms with Gasteiger partial charge in [0.2, 0.25) is 0 Å². The molecule has 1 aliphatic heterocycles. The Morgan fingerprint density at radius 2 is 1.71 bits per heavy atom. The molecular weight excluding hydrogens is 350 g/mol. The van der Waals surface area contributed by atoms with Crippen molar-refractivity contribution in [2.75, 3.05) is 26.2 Å². The first kappa shape index (κ1) is 20.2. The highest BCUT2D eigenvalue weighted by Crippen LogP contribution is 2.17. The maximum absolute atomic E-state index is 11.8. The van der Waals surface area contributed by atoms with Gasteiger partial charge in [-0.25, -0.2) is 4.79 Å². The monoisotopic (exact) mass is 381 g/mol. The fourth-order valence-corrected chi connectivity index (χ4v) is 3.41. The summed E-state index contributed by atoms with van der Waals surface area (Å²) in [4.78, 5) is 14.3. The molecule has 5 nitrogen and oxygen atoms in total. The van der Waals surface area contributed by atoms with Gasteiger partial charge < -0.3 is 15.4 Å². The Hall–Kier alpha value is -2.53. The number of ether oxygens (including phenoxy) is 1. The first-order valence-electron chi connectivity index (χ1n) is 10.3. The van der Waals surface area contributed by atoms with Gasteiger partial charge in [0.15, 0.2) is 0 Å². The van der Waals surface area contributed by atoms with Crippen LogP contribution in [-0.2, 0) is 13.1 Å². The maximum Gasteiger partial charge on any atom is 0.315 e. The number of hydrogen-bond acceptors (Lipinski definition) is 3. The van der Waals surface area contributed by atoms with Crippen LogP contribution >= 0.6 is 0 Å². The van der Waals surface area contributed by atoms with Gasteiger partial charge in [0, 0.05) is 19.6 Å². The van der Waals surface area contributed by atoms with Crippen molar-refractivity contribution in [3.8, 4) is 5.75 Å². The van der Waals surface area contributed by atoms with Gasteiger partial charge in [-0.3, -0.25) is 4.90 Å². The second kappa shape index (κ2) is 11.3. The average molecular weight is 382 g/mol. The molecule has 1 aliphatic rings. The Bertz CT molecular complexity index is 715. The summed E-state index contributed by atoms with van der Waals surface area (Å²) in [7, 11) is 0. The van der Waals surface area contributed by atoms with Gasteiger partial charge in [-0.05, 0) is 55.6 Å². The van der Waals surface area contributed by atoms with E-state index in [0.29, 0.717) is 19.7 Å². The minimum Gasteiger partial charge on any atom is -0.494 e. The molecule has 0 spiro atoms. The van der Waals surface area contributed by atoms with E-state index in [1.807, 2.05) is 36.4 Å². The molecule has 1 fully saturated rings. The predicted molar refractivity (Wildman–Crippen MR) is 112 cm³/mol. The highest BCUT2D eigenvalue weighted by molar-refractivity contribution is 5.73. The molecular formula is C23H31N3O2. The van der Waals surface area contributed by atoms with Crippen LogP contribution in [0.4, 0.5) is 4.79 Å². The molecule has 0 saturated carbocycles. The van der Waals surface area contributed by atoms with Gasteiger partial charge in [0.05, 0.1) is 6.61 Å². The van der Waals surface area contributed by atoms with Crippen LogP contribution in [0.1, 0.15) is 36.8 Å². The Labute approximate surface area is 168 Å². The SMILES string of the molecule is O=C(NCCCOc1cccc(CN2CCCCC2)c1)NCc1ccccc1. The van der Waals surface area contributed by atoms with Crippen molar-refractivity contribution in [1.29, 1.82) is 0 Å². The molecule has 0 bridgehead atoms. The van der Waals surface area contributed by atoms with E-state index < -0.39 is 0 Å². The van der Waals surface area contributed by atoms with Gasteiger partial charge in [-0.2, -0.15) is 0 Å². The zero-order chi connectivity index (χ0) is 19.4. The van der Waals surface area contributed by atoms with Crippen molar-refractivity contribution in [3.05, 3.63) is 65.7 Å². The van der Waals surface area contributed by atoms with Crippen molar-refractivity contribution >= 4 is 6.03 Å². The number of nitrogens with zero attached hydrogens (tertiary/aromatic N) is 1. The molecule has 0 aromatic heterocycles. The normalized spacial score (nSPS) is 14.4. The third-order valence-electron chi connectivity index (χ3n) is 4.92. The fourth-order valence-electron chi connectivity index (χ4n) is 3.41. The number of amides is 2. The van der Waals surface area contributed by atoms with E-state index in [0.717, 1.165) is 24.3 Å². The van der Waals surface area contributed by atoms with Gasteiger partial charge >= 0.3 is 6.03 Å². The van der Waals surface area contributed by atoms with E-state index in [1.165, 1.54) is 37.9 Å². The van der Waals surface area contributed by atoms with Crippen molar-refractivity contribution in [2.45, 2.75) is 38.8 Å². The third-order valence-corrected chi connectivity index (χ3v) is 4.92. The van der Waals surface area contributed by atoms with Crippen molar-refractivity contribution in [2.24, 2.45) is 0 Å². The van der Waals surface area contributed by atoms with Crippen LogP contribution in [0, 0.1) is 0 Å². The van der Waals surface area contributed by atoms with Crippen LogP contribution in [0.2, 0.25) is 0 Å². The standard InChI is InChI=1S/C23H31N3O2/c27-23(25-18-20-9-3-1-4-10-20)24-13-8-16-28-22-12-7-11-21(17-22)19-26-14-5-2-6-15-26/h1,3-4,7,9-12,17H,2,5-6,8,13-16,18-19H2,(H2,24,25,27). The number of urea groups is 1. The van der Waals surface area contributed by atoms with Crippen molar-refractivity contribution in [3.63, 3.8) is 0 Å². The van der Waals surface area contributed by atoms with Crippen LogP contribution in [-0.4, -0.2) is 37.2 Å². The summed E-state index contributed by atoms with van der Waals surface area (Å²) in [6, 6.07) is 18.1. The Kier molecular flexibility index (Phi) is 8.19. The van der Waals surface area contributed by atoms with E-state index in [-0.39, 0.29) is 6.03 Å². The smallest absolute Gasteiger partial charge is 0.315 e. The third kappa shape index (κ3) is 7.24. The lowest BCUT2D eigenvalue weighted by Crippen LogP contribution is -2.35. The molecule has 0 aliphatic carbocycles. The molecule has 28 heavy (non-hydrogen) atoms. The summed E-state index contributed by atoms with van der Waals surface area (Å²) in [6.45, 7) is 5.11. The maximum atomic E-state index is 11.8. The Balaban J connectivity index is 1.29. The predicted octanol–water partition coefficient (Wildman–Crippen LogP) is 3.94. The number of benzene rings is 2. The van der Waals surface area contributed by atoms with Crippen LogP contribution < -0.4 is 15.4 Å². The molecule has 3 rings (SSSR count). The summed E-state index contributed by atoms with van der Waals surface area (Å²) < 4.78 is 5.86. The quantitative estimate of drug-likeness (QED) is 0.647. The number of carbonyl (C=O) groups is 1. The van der Waals surface area contributed by atoms with Gasteiger partial charge in [-0.1, -0.05) is 48.9 Å². The van der Waals surface area contributed by atoms with E-state index in [4.69, 9.17) is 4.74 Å². The molecule has 2 N–H and O–H groups in total. The molecule has 5 heteroatoms. The fraction of sp³-hybridized carbons (Fsp3) is 0.435. The second-order valence-corrected chi connectivity index (χ2v) is 7.28. The summed E-state index contributed by atoms with van der Waals surface area (Å²) in [5.74, 6) is 0.906. The minimum absolute atomic E-state index is 0.146. The molecule has 150 valence electrons. The van der Waals surface area contributed by atoms with Gasteiger partial charge in [-0.15, -0.1) is 0 Å². The Morgan fingerprint density at radius 1 is 0.929 bits per heavy atom. The first-order chi connectivity index (χ1) is 13.8. The van der Waals surface area contributed by atoms with E-state index in [9.17, 15) is 4.79 Å². The highest BCUT2D eigenvalue weighted by atomic mass is 16.5. The Morgan fingerprint density at radius 3 is 2.54 bits per heavy atom. The topological polar surface area (TPSA) is 53.6 Å². The lowest BCUT2D eigenvalue weighted by atomic mass is 10.1. The van der Waals surface area contributed by atoms with E-state index in [2.05, 4.69) is 33.7 Å². The number of hydrogen-bond donors (Lipinski definition) is 2. The number of likely N-dealkylation sites (tertiary alicyclic amines) is 1. The number of piperidine rings is 1. The van der Waals surface area contributed by atoms with Crippen LogP contribution in [0.25, 0.3) is 0 Å². The number of carbonyl (C=O) groups excluding carboxylic acids is 1. The van der Waals surface area contributed by atoms with Crippen molar-refractivity contribution in [1.82, 2.24) is 15.5 Å². The average Bonchev–Trinajstić information content (AvgIpc) is 2.74. The number of rotatable bonds is 9. The van der Waals surface area contributed by atoms with Crippen molar-refractivity contribution < 1.29 is 9.53 Å². The lowest BCUT2D eigenvalue weighted by Gasteiger charge is -2.26. The molecule has 1 saturated heterocycles. The van der Waals surface area contributed by atoms with Gasteiger partial charge in [0.25, 0.3) is 0 Å². The van der Waals surface area contributed by atoms with Crippen LogP contribution in [0.3, 0.4) is 0 Å². The highest BCUT2D eigenvalue weighted by Gasteiger charge is 2.10. The molecule has 2 aromatic rings. The molecule has 2 amide bonds. The molecule has 0 unspecified atom stereocenters. The zero-order valence-corrected chi connectivity index (χ0v) is 16.5. The summed E-state index contributed by atoms with van der Waals surface area (Å²) in [5, 5.41) is 5.73. The largest absolute Gasteiger partial charge is 0.494 e. The number of nitrogens with one attached hydrogen (secondary N) is 2. The lowest BCUT2D eigenvalue weighted by molar-refractivity contribution is 0.220. The van der Waals surface area contributed by atoms with Gasteiger partial charge in [0.1, 0.15) is 5.75 Å². The minimum atomic E-state index is -0.146. The molecule has 2 aromatic carbocycles. The first-order valence-corrected chi connectivity index (χ1v) is 10.3.